The second-order valence-electron chi connectivity index (χ2n) is 0. The van der Waals surface area contributed by atoms with Gasteiger partial charge in [0.2, 0.25) is 0 Å². The van der Waals surface area contributed by atoms with E-state index in [2.05, 4.69) is 12.6 Å². The molecule has 0 rings (SSSR count). The van der Waals surface area contributed by atoms with E-state index in [1.807, 2.05) is 0 Å². The Kier molecular flexibility index (Phi) is 168. The minimum Gasteiger partial charge on any atom is -0.197 e. The van der Waals surface area contributed by atoms with Crippen LogP contribution < -0.4 is 0 Å². The molecule has 0 unspecified atom stereocenters. The quantitative estimate of drug-likeness (QED) is 0.444. The van der Waals surface area contributed by atoms with E-state index in [4.69, 9.17) is 0 Å². The van der Waals surface area contributed by atoms with Crippen LogP contribution >= 0.6 is 39.6 Å². The SMILES string of the molecule is CS.S.S. The third-order valence-electron chi connectivity index (χ3n) is 0. The highest BCUT2D eigenvalue weighted by Crippen LogP contribution is 1.31. The third-order valence-corrected chi connectivity index (χ3v) is 0. The minimum absolute atomic E-state index is 0. The van der Waals surface area contributed by atoms with Gasteiger partial charge < -0.3 is 0 Å². The topological polar surface area (TPSA) is 0 Å². The van der Waals surface area contributed by atoms with Crippen LogP contribution in [0, 0.1) is 0 Å². The van der Waals surface area contributed by atoms with E-state index >= 15 is 0 Å². The summed E-state index contributed by atoms with van der Waals surface area (Å²) in [4.78, 5) is 0. The summed E-state index contributed by atoms with van der Waals surface area (Å²) >= 11 is 3.53. The van der Waals surface area contributed by atoms with Crippen molar-refractivity contribution in [3.63, 3.8) is 0 Å². The largest absolute Gasteiger partial charge is 0.197 e. The lowest BCUT2D eigenvalue weighted by Crippen LogP contribution is -0.865. The summed E-state index contributed by atoms with van der Waals surface area (Å²) in [6.45, 7) is 0. The monoisotopic (exact) mass is 116 g/mol. The molecule has 0 aromatic carbocycles. The van der Waals surface area contributed by atoms with E-state index in [9.17, 15) is 0 Å². The Bertz CT molecular complexity index is 3.25. The van der Waals surface area contributed by atoms with Gasteiger partial charge in [0.05, 0.1) is 0 Å². The molecule has 0 saturated carbocycles. The second-order valence-corrected chi connectivity index (χ2v) is 0. The molecule has 0 nitrogen and oxygen atoms in total. The van der Waals surface area contributed by atoms with Gasteiger partial charge in [-0.3, -0.25) is 0 Å². The average molecular weight is 116 g/mol. The van der Waals surface area contributed by atoms with Crippen molar-refractivity contribution in [3.05, 3.63) is 0 Å². The molecule has 0 aliphatic rings. The van der Waals surface area contributed by atoms with Gasteiger partial charge in [-0.25, -0.2) is 0 Å². The molecular weight excluding hydrogens is 108 g/mol. The van der Waals surface area contributed by atoms with Crippen molar-refractivity contribution in [2.45, 2.75) is 0 Å². The molecule has 0 atom stereocenters. The Morgan fingerprint density at radius 1 is 1.00 bits per heavy atom. The first-order chi connectivity index (χ1) is 1.00. The number of hydrogen-bond acceptors (Lipinski definition) is 1. The van der Waals surface area contributed by atoms with Crippen molar-refractivity contribution >= 4 is 39.6 Å². The van der Waals surface area contributed by atoms with E-state index in [0.717, 1.165) is 0 Å². The zero-order valence-corrected chi connectivity index (χ0v) is 5.34. The maximum absolute atomic E-state index is 3.53. The predicted octanol–water partition coefficient (Wildman–Crippen LogP) is 0.772. The van der Waals surface area contributed by atoms with Crippen molar-refractivity contribution in [2.75, 3.05) is 6.26 Å². The lowest BCUT2D eigenvalue weighted by Gasteiger charge is -1.11. The molecule has 0 aliphatic heterocycles. The van der Waals surface area contributed by atoms with Gasteiger partial charge in [-0.2, -0.15) is 39.6 Å². The summed E-state index contributed by atoms with van der Waals surface area (Å²) in [5.74, 6) is 0. The van der Waals surface area contributed by atoms with Crippen LogP contribution in [0.1, 0.15) is 0 Å². The van der Waals surface area contributed by atoms with E-state index in [1.165, 1.54) is 0 Å². The van der Waals surface area contributed by atoms with Crippen LogP contribution in [0.5, 0.6) is 0 Å². The fourth-order valence-electron chi connectivity index (χ4n) is 0. The standard InChI is InChI=1S/CH4S.2H2S/c1-2;;/h2H,1H3;2*1H2. The Morgan fingerprint density at radius 2 is 1.00 bits per heavy atom. The first-order valence-electron chi connectivity index (χ1n) is 0.447. The zero-order valence-electron chi connectivity index (χ0n) is 2.45. The van der Waals surface area contributed by atoms with Gasteiger partial charge in [-0.1, -0.05) is 0 Å². The zero-order chi connectivity index (χ0) is 2.00. The Hall–Kier alpha value is 1.05. The van der Waals surface area contributed by atoms with Crippen molar-refractivity contribution < 1.29 is 0 Å². The molecule has 0 bridgehead atoms. The van der Waals surface area contributed by atoms with Gasteiger partial charge in [-0.15, -0.1) is 0 Å². The predicted molar refractivity (Wildman–Crippen MR) is 35.7 cm³/mol. The molecule has 0 heterocycles. The van der Waals surface area contributed by atoms with Crippen LogP contribution in [0.25, 0.3) is 0 Å². The summed E-state index contributed by atoms with van der Waals surface area (Å²) in [7, 11) is 0. The van der Waals surface area contributed by atoms with Crippen LogP contribution in [0.2, 0.25) is 0 Å². The van der Waals surface area contributed by atoms with Crippen LogP contribution in [-0.2, 0) is 0 Å². The maximum atomic E-state index is 3.53. The molecule has 3 heteroatoms. The normalized spacial score (nSPS) is 1.50. The number of rotatable bonds is 0. The van der Waals surface area contributed by atoms with Gasteiger partial charge >= 0.3 is 0 Å². The average Bonchev–Trinajstić information content (AvgIpc) is 1.00. The van der Waals surface area contributed by atoms with E-state index in [1.54, 1.807) is 6.26 Å². The van der Waals surface area contributed by atoms with E-state index in [0.29, 0.717) is 0 Å². The minimum atomic E-state index is 0. The van der Waals surface area contributed by atoms with Crippen molar-refractivity contribution in [1.82, 2.24) is 0 Å². The van der Waals surface area contributed by atoms with E-state index in [-0.39, 0.29) is 27.0 Å². The molecule has 4 heavy (non-hydrogen) atoms. The lowest BCUT2D eigenvalue weighted by molar-refractivity contribution is 2.55. The number of hydrogen-bond donors (Lipinski definition) is 1. The molecule has 0 N–H and O–H groups in total. The highest BCUT2D eigenvalue weighted by Gasteiger charge is 0.901. The maximum Gasteiger partial charge on any atom is -0.0215 e. The number of thiol groups is 1. The molecule has 0 aliphatic carbocycles. The summed E-state index contributed by atoms with van der Waals surface area (Å²) in [6.07, 6.45) is 1.69. The fourth-order valence-corrected chi connectivity index (χ4v) is 0. The summed E-state index contributed by atoms with van der Waals surface area (Å²) in [5, 5.41) is 0. The molecule has 0 saturated heterocycles. The Labute approximate surface area is 46.3 Å². The smallest absolute Gasteiger partial charge is 0.0215 e. The summed E-state index contributed by atoms with van der Waals surface area (Å²) in [5.41, 5.74) is 0. The molecule has 0 amide bonds. The van der Waals surface area contributed by atoms with Gasteiger partial charge in [0.15, 0.2) is 0 Å². The van der Waals surface area contributed by atoms with Crippen LogP contribution in [-0.4, -0.2) is 6.26 Å². The molecular formula is CH8S3. The molecule has 0 aromatic rings. The Morgan fingerprint density at radius 3 is 1.00 bits per heavy atom. The van der Waals surface area contributed by atoms with Gasteiger partial charge in [0.1, 0.15) is 0 Å². The van der Waals surface area contributed by atoms with Crippen LogP contribution in [0.15, 0.2) is 0 Å². The second kappa shape index (κ2) is 34.2. The Balaban J connectivity index is -0.00000000500. The van der Waals surface area contributed by atoms with Gasteiger partial charge in [-0.05, 0) is 6.26 Å². The third kappa shape index (κ3) is 11.6. The summed E-state index contributed by atoms with van der Waals surface area (Å²) in [6, 6.07) is 0. The lowest BCUT2D eigenvalue weighted by atomic mass is 12.0. The highest BCUT2D eigenvalue weighted by molar-refractivity contribution is 7.79. The van der Waals surface area contributed by atoms with Gasteiger partial charge in [0.25, 0.3) is 0 Å². The summed E-state index contributed by atoms with van der Waals surface area (Å²) < 4.78 is 0. The molecule has 0 spiro atoms. The van der Waals surface area contributed by atoms with Crippen molar-refractivity contribution in [2.24, 2.45) is 0 Å². The fraction of sp³-hybridized carbons (Fsp3) is 1.00. The molecule has 0 radical (unpaired) electrons. The van der Waals surface area contributed by atoms with E-state index < -0.39 is 0 Å². The highest BCUT2D eigenvalue weighted by atomic mass is 32.1. The molecule has 0 aromatic heterocycles. The first kappa shape index (κ1) is 19.7. The van der Waals surface area contributed by atoms with Crippen LogP contribution in [0.4, 0.5) is 0 Å². The molecule has 0 fully saturated rings. The molecule has 30 valence electrons. The van der Waals surface area contributed by atoms with Crippen LogP contribution in [0.3, 0.4) is 0 Å². The van der Waals surface area contributed by atoms with Gasteiger partial charge in [0, 0.05) is 0 Å². The first-order valence-corrected chi connectivity index (χ1v) is 1.34. The van der Waals surface area contributed by atoms with Crippen molar-refractivity contribution in [3.8, 4) is 0 Å². The van der Waals surface area contributed by atoms with Crippen molar-refractivity contribution in [1.29, 1.82) is 0 Å².